The first-order valence-corrected chi connectivity index (χ1v) is 7.93. The Morgan fingerprint density at radius 2 is 2.22 bits per heavy atom. The summed E-state index contributed by atoms with van der Waals surface area (Å²) in [6.07, 6.45) is 2.48. The molecule has 2 unspecified atom stereocenters. The van der Waals surface area contributed by atoms with Crippen molar-refractivity contribution in [1.29, 1.82) is 0 Å². The quantitative estimate of drug-likeness (QED) is 0.892. The molecule has 3 heterocycles. The lowest BCUT2D eigenvalue weighted by molar-refractivity contribution is 0.340. The molecule has 0 bridgehead atoms. The highest BCUT2D eigenvalue weighted by atomic mass is 32.2. The van der Waals surface area contributed by atoms with Crippen LogP contribution in [0.25, 0.3) is 0 Å². The van der Waals surface area contributed by atoms with Gasteiger partial charge in [0.1, 0.15) is 0 Å². The predicted octanol–water partition coefficient (Wildman–Crippen LogP) is 1.48. The van der Waals surface area contributed by atoms with Gasteiger partial charge in [-0.15, -0.1) is 0 Å². The monoisotopic (exact) mass is 268 g/mol. The minimum absolute atomic E-state index is 0.374. The van der Waals surface area contributed by atoms with Gasteiger partial charge in [-0.1, -0.05) is 6.92 Å². The molecule has 0 radical (unpaired) electrons. The Hall–Kier alpha value is -0.750. The van der Waals surface area contributed by atoms with Gasteiger partial charge in [0.2, 0.25) is 5.89 Å². The van der Waals surface area contributed by atoms with Gasteiger partial charge in [-0.25, -0.2) is 0 Å². The number of nitrogens with zero attached hydrogens (tertiary/aromatic N) is 3. The lowest BCUT2D eigenvalue weighted by atomic mass is 10.0. The van der Waals surface area contributed by atoms with Gasteiger partial charge in [0.15, 0.2) is 0 Å². The predicted molar refractivity (Wildman–Crippen MR) is 73.3 cm³/mol. The van der Waals surface area contributed by atoms with E-state index in [1.807, 2.05) is 11.8 Å². The molecule has 0 saturated carbocycles. The van der Waals surface area contributed by atoms with E-state index in [0.717, 1.165) is 43.0 Å². The van der Waals surface area contributed by atoms with E-state index in [9.17, 15) is 0 Å². The molecule has 18 heavy (non-hydrogen) atoms. The van der Waals surface area contributed by atoms with E-state index in [0.29, 0.717) is 12.0 Å². The third-order valence-corrected chi connectivity index (χ3v) is 4.87. The van der Waals surface area contributed by atoms with E-state index in [1.54, 1.807) is 0 Å². The smallest absolute Gasteiger partial charge is 0.266 e. The van der Waals surface area contributed by atoms with Crippen LogP contribution in [0.5, 0.6) is 0 Å². The van der Waals surface area contributed by atoms with Crippen molar-refractivity contribution in [1.82, 2.24) is 15.5 Å². The minimum Gasteiger partial charge on any atom is -0.338 e. The molecule has 1 aromatic heterocycles. The molecule has 100 valence electrons. The van der Waals surface area contributed by atoms with Crippen LogP contribution in [0.15, 0.2) is 4.52 Å². The topological polar surface area (TPSA) is 54.2 Å². The zero-order valence-electron chi connectivity index (χ0n) is 10.8. The van der Waals surface area contributed by atoms with Crippen LogP contribution in [0.3, 0.4) is 0 Å². The summed E-state index contributed by atoms with van der Waals surface area (Å²) in [7, 11) is 0. The standard InChI is InChI=1S/C12H20N4OS/c1-2-13-10-8-18-7-9(10)11-14-12(15-17-11)16-5-3-4-6-16/h9-10,13H,2-8H2,1H3. The largest absolute Gasteiger partial charge is 0.338 e. The summed E-state index contributed by atoms with van der Waals surface area (Å²) in [5.41, 5.74) is 0. The zero-order valence-corrected chi connectivity index (χ0v) is 11.6. The summed E-state index contributed by atoms with van der Waals surface area (Å²) in [5.74, 6) is 4.19. The number of rotatable bonds is 4. The summed E-state index contributed by atoms with van der Waals surface area (Å²) in [5, 5.41) is 7.65. The van der Waals surface area contributed by atoms with E-state index in [2.05, 4.69) is 27.3 Å². The fraction of sp³-hybridized carbons (Fsp3) is 0.833. The molecule has 0 aliphatic carbocycles. The summed E-state index contributed by atoms with van der Waals surface area (Å²) < 4.78 is 5.48. The SMILES string of the molecule is CCNC1CSCC1c1nc(N2CCCC2)no1. The average Bonchev–Trinajstić information content (AvgIpc) is 3.10. The van der Waals surface area contributed by atoms with Crippen LogP contribution >= 0.6 is 11.8 Å². The Kier molecular flexibility index (Phi) is 3.75. The van der Waals surface area contributed by atoms with Gasteiger partial charge in [0.05, 0.1) is 5.92 Å². The molecule has 0 amide bonds. The van der Waals surface area contributed by atoms with E-state index in [4.69, 9.17) is 4.52 Å². The number of hydrogen-bond acceptors (Lipinski definition) is 6. The lowest BCUT2D eigenvalue weighted by Crippen LogP contribution is -2.34. The number of thioether (sulfide) groups is 1. The molecule has 0 spiro atoms. The van der Waals surface area contributed by atoms with Gasteiger partial charge in [-0.2, -0.15) is 16.7 Å². The molecule has 1 N–H and O–H groups in total. The van der Waals surface area contributed by atoms with Crippen molar-refractivity contribution in [3.8, 4) is 0 Å². The van der Waals surface area contributed by atoms with Crippen molar-refractivity contribution in [3.05, 3.63) is 5.89 Å². The zero-order chi connectivity index (χ0) is 12.4. The molecule has 2 aliphatic heterocycles. The van der Waals surface area contributed by atoms with Crippen molar-refractivity contribution in [2.45, 2.75) is 31.7 Å². The maximum atomic E-state index is 5.48. The summed E-state index contributed by atoms with van der Waals surface area (Å²) >= 11 is 1.96. The maximum Gasteiger partial charge on any atom is 0.266 e. The van der Waals surface area contributed by atoms with Crippen molar-refractivity contribution in [2.24, 2.45) is 0 Å². The second-order valence-electron chi connectivity index (χ2n) is 4.93. The molecule has 6 heteroatoms. The van der Waals surface area contributed by atoms with Crippen molar-refractivity contribution < 1.29 is 4.52 Å². The molecule has 2 aliphatic rings. The molecular formula is C12H20N4OS. The molecule has 2 saturated heterocycles. The molecule has 2 fully saturated rings. The first-order chi connectivity index (χ1) is 8.88. The van der Waals surface area contributed by atoms with Gasteiger partial charge in [0.25, 0.3) is 5.95 Å². The highest BCUT2D eigenvalue weighted by molar-refractivity contribution is 7.99. The molecule has 2 atom stereocenters. The Balaban J connectivity index is 1.71. The number of likely N-dealkylation sites (N-methyl/N-ethyl adjacent to an activating group) is 1. The van der Waals surface area contributed by atoms with Gasteiger partial charge in [-0.3, -0.25) is 0 Å². The minimum atomic E-state index is 0.374. The first kappa shape index (κ1) is 12.3. The van der Waals surface area contributed by atoms with Crippen LogP contribution in [0, 0.1) is 0 Å². The van der Waals surface area contributed by atoms with Crippen molar-refractivity contribution in [3.63, 3.8) is 0 Å². The second-order valence-corrected chi connectivity index (χ2v) is 6.01. The Morgan fingerprint density at radius 1 is 1.39 bits per heavy atom. The summed E-state index contributed by atoms with van der Waals surface area (Å²) in [4.78, 5) is 6.82. The fourth-order valence-corrected chi connectivity index (χ4v) is 4.05. The number of anilines is 1. The lowest BCUT2D eigenvalue weighted by Gasteiger charge is -2.15. The van der Waals surface area contributed by atoms with E-state index in [1.165, 1.54) is 12.8 Å². The van der Waals surface area contributed by atoms with Crippen LogP contribution in [0.2, 0.25) is 0 Å². The van der Waals surface area contributed by atoms with Crippen LogP contribution in [0.1, 0.15) is 31.6 Å². The van der Waals surface area contributed by atoms with Gasteiger partial charge in [0, 0.05) is 30.6 Å². The number of hydrogen-bond donors (Lipinski definition) is 1. The van der Waals surface area contributed by atoms with Gasteiger partial charge < -0.3 is 14.7 Å². The van der Waals surface area contributed by atoms with E-state index < -0.39 is 0 Å². The number of nitrogens with one attached hydrogen (secondary N) is 1. The normalized spacial score (nSPS) is 28.2. The molecule has 3 rings (SSSR count). The maximum absolute atomic E-state index is 5.48. The third-order valence-electron chi connectivity index (χ3n) is 3.68. The Labute approximate surface area is 112 Å². The Morgan fingerprint density at radius 3 is 3.00 bits per heavy atom. The molecule has 5 nitrogen and oxygen atoms in total. The molecule has 0 aromatic carbocycles. The first-order valence-electron chi connectivity index (χ1n) is 6.78. The number of aromatic nitrogens is 2. The summed E-state index contributed by atoms with van der Waals surface area (Å²) in [6, 6.07) is 0.479. The highest BCUT2D eigenvalue weighted by Crippen LogP contribution is 2.33. The van der Waals surface area contributed by atoms with Crippen LogP contribution in [-0.2, 0) is 0 Å². The Bertz CT molecular complexity index is 391. The highest BCUT2D eigenvalue weighted by Gasteiger charge is 2.33. The third kappa shape index (κ3) is 2.36. The van der Waals surface area contributed by atoms with Crippen molar-refractivity contribution in [2.75, 3.05) is 36.0 Å². The summed E-state index contributed by atoms with van der Waals surface area (Å²) in [6.45, 7) is 5.27. The van der Waals surface area contributed by atoms with Crippen LogP contribution in [-0.4, -0.2) is 47.3 Å². The average molecular weight is 268 g/mol. The van der Waals surface area contributed by atoms with Crippen LogP contribution < -0.4 is 10.2 Å². The van der Waals surface area contributed by atoms with E-state index >= 15 is 0 Å². The molecule has 1 aromatic rings. The van der Waals surface area contributed by atoms with Gasteiger partial charge in [-0.05, 0) is 24.5 Å². The molecular weight excluding hydrogens is 248 g/mol. The fourth-order valence-electron chi connectivity index (χ4n) is 2.68. The second kappa shape index (κ2) is 5.48. The van der Waals surface area contributed by atoms with E-state index in [-0.39, 0.29) is 0 Å². The van der Waals surface area contributed by atoms with Crippen molar-refractivity contribution >= 4 is 17.7 Å². The van der Waals surface area contributed by atoms with Crippen LogP contribution in [0.4, 0.5) is 5.95 Å². The van der Waals surface area contributed by atoms with Gasteiger partial charge >= 0.3 is 0 Å².